The van der Waals surface area contributed by atoms with Gasteiger partial charge < -0.3 is 24.2 Å². The Kier molecular flexibility index (Phi) is 55.9. The Balaban J connectivity index is 4.81. The number of ether oxygens (including phenoxy) is 3. The minimum absolute atomic E-state index is 0.118. The van der Waals surface area contributed by atoms with Gasteiger partial charge in [0.25, 0.3) is 0 Å². The van der Waals surface area contributed by atoms with E-state index in [2.05, 4.69) is 142 Å². The molecule has 0 radical (unpaired) electrons. The van der Waals surface area contributed by atoms with Gasteiger partial charge in [-0.1, -0.05) is 213 Å². The molecule has 0 aliphatic rings. The van der Waals surface area contributed by atoms with Crippen molar-refractivity contribution in [3.8, 4) is 0 Å². The first-order chi connectivity index (χ1) is 38.2. The van der Waals surface area contributed by atoms with Crippen molar-refractivity contribution in [2.75, 3.05) is 26.4 Å². The molecule has 0 amide bonds. The predicted molar refractivity (Wildman–Crippen MR) is 325 cm³/mol. The molecule has 0 aromatic carbocycles. The Hall–Kier alpha value is -4.12. The molecule has 0 aliphatic heterocycles. The summed E-state index contributed by atoms with van der Waals surface area (Å²) in [4.78, 5) is 48.7. The molecule has 11 nitrogen and oxygen atoms in total. The zero-order valence-electron chi connectivity index (χ0n) is 49.1. The molecule has 0 saturated carbocycles. The van der Waals surface area contributed by atoms with Crippen LogP contribution < -0.4 is 0 Å². The Morgan fingerprint density at radius 1 is 0.372 bits per heavy atom. The van der Waals surface area contributed by atoms with Crippen molar-refractivity contribution in [2.45, 2.75) is 251 Å². The zero-order valence-corrected chi connectivity index (χ0v) is 50.0. The Bertz CT molecular complexity index is 1770. The number of phosphoric acid groups is 1. The second kappa shape index (κ2) is 59.0. The third-order valence-electron chi connectivity index (χ3n) is 12.3. The standard InChI is InChI=1S/C66H109O11P/c1-4-7-10-13-16-19-22-25-28-30-31-33-36-39-42-45-48-51-54-57-66(70)77-63(59-73-64(68)55-52-49-46-43-40-37-35-32-29-26-23-20-17-14-11-8-5-2)61-75-78(71,72)74-60-62(58-67)76-65(69)56-53-50-47-44-41-38-34-27-24-21-18-15-12-9-6-3/h7,9-10,12,16-21,25-29,31,33-34,41,44,62-63,67H,4-6,8,11,13-15,22-24,30,32,35-40,42-43,45-61H2,1-3H3,(H,71,72)/b10-7-,12-9-,19-16-,20-17-,21-18-,28-25-,29-26-,33-31-,34-27-,44-41-. The highest BCUT2D eigenvalue weighted by atomic mass is 31.2. The SMILES string of the molecule is CC/C=C\C/C=C\C/C=C\C/C=C\CCCCCCCCC(=O)OC(COC(=O)CCCCCCCCC/C=C\C/C=C\CCCCC)COP(=O)(O)OCC(CO)OC(=O)CCCC/C=C\C/C=C\C/C=C\C/C=C\CC. The van der Waals surface area contributed by atoms with Crippen LogP contribution in [0, 0.1) is 0 Å². The van der Waals surface area contributed by atoms with E-state index in [1.165, 1.54) is 38.5 Å². The lowest BCUT2D eigenvalue weighted by atomic mass is 10.1. The fraction of sp³-hybridized carbons (Fsp3) is 0.652. The van der Waals surface area contributed by atoms with Crippen LogP contribution in [-0.4, -0.2) is 66.5 Å². The van der Waals surface area contributed by atoms with Crippen molar-refractivity contribution in [1.82, 2.24) is 0 Å². The highest BCUT2D eigenvalue weighted by molar-refractivity contribution is 7.47. The Morgan fingerprint density at radius 2 is 0.667 bits per heavy atom. The van der Waals surface area contributed by atoms with E-state index in [0.717, 1.165) is 141 Å². The molecule has 0 heterocycles. The average molecular weight is 1110 g/mol. The van der Waals surface area contributed by atoms with Gasteiger partial charge in [-0.15, -0.1) is 0 Å². The van der Waals surface area contributed by atoms with E-state index in [1.807, 2.05) is 0 Å². The molecule has 0 saturated heterocycles. The molecule has 0 bridgehead atoms. The number of hydrogen-bond donors (Lipinski definition) is 2. The van der Waals surface area contributed by atoms with Gasteiger partial charge in [0.05, 0.1) is 19.8 Å². The molecule has 2 N–H and O–H groups in total. The first-order valence-electron chi connectivity index (χ1n) is 30.4. The van der Waals surface area contributed by atoms with Gasteiger partial charge in [0.15, 0.2) is 6.10 Å². The lowest BCUT2D eigenvalue weighted by molar-refractivity contribution is -0.161. The number of aliphatic hydroxyl groups excluding tert-OH is 1. The van der Waals surface area contributed by atoms with Crippen LogP contribution in [-0.2, 0) is 42.2 Å². The van der Waals surface area contributed by atoms with Crippen LogP contribution in [0.5, 0.6) is 0 Å². The highest BCUT2D eigenvalue weighted by Crippen LogP contribution is 2.43. The maximum atomic E-state index is 12.9. The molecule has 78 heavy (non-hydrogen) atoms. The Morgan fingerprint density at radius 3 is 1.05 bits per heavy atom. The van der Waals surface area contributed by atoms with Crippen LogP contribution >= 0.6 is 7.82 Å². The van der Waals surface area contributed by atoms with E-state index >= 15 is 0 Å². The summed E-state index contributed by atoms with van der Waals surface area (Å²) in [7, 11) is -4.78. The van der Waals surface area contributed by atoms with Gasteiger partial charge in [-0.2, -0.15) is 0 Å². The third-order valence-corrected chi connectivity index (χ3v) is 13.3. The monoisotopic (exact) mass is 1110 g/mol. The van der Waals surface area contributed by atoms with E-state index < -0.39 is 57.8 Å². The van der Waals surface area contributed by atoms with Crippen LogP contribution in [0.1, 0.15) is 239 Å². The van der Waals surface area contributed by atoms with Crippen molar-refractivity contribution in [2.24, 2.45) is 0 Å². The van der Waals surface area contributed by atoms with Gasteiger partial charge >= 0.3 is 25.7 Å². The fourth-order valence-corrected chi connectivity index (χ4v) is 8.56. The second-order valence-corrected chi connectivity index (χ2v) is 21.2. The first-order valence-corrected chi connectivity index (χ1v) is 31.9. The molecule has 444 valence electrons. The number of rotatable bonds is 55. The maximum Gasteiger partial charge on any atom is 0.472 e. The predicted octanol–water partition coefficient (Wildman–Crippen LogP) is 18.4. The smallest absolute Gasteiger partial charge is 0.462 e. The van der Waals surface area contributed by atoms with Crippen molar-refractivity contribution >= 4 is 25.7 Å². The number of carbonyl (C=O) groups excluding carboxylic acids is 3. The number of unbranched alkanes of at least 4 members (excludes halogenated alkanes) is 18. The van der Waals surface area contributed by atoms with E-state index in [0.29, 0.717) is 19.3 Å². The lowest BCUT2D eigenvalue weighted by Crippen LogP contribution is -2.30. The first kappa shape index (κ1) is 73.9. The van der Waals surface area contributed by atoms with Crippen LogP contribution in [0.2, 0.25) is 0 Å². The molecule has 0 fully saturated rings. The summed E-state index contributed by atoms with van der Waals surface area (Å²) in [5.41, 5.74) is 0. The summed E-state index contributed by atoms with van der Waals surface area (Å²) < 4.78 is 39.6. The minimum Gasteiger partial charge on any atom is -0.462 e. The van der Waals surface area contributed by atoms with Crippen molar-refractivity contribution in [3.05, 3.63) is 122 Å². The molecule has 0 spiro atoms. The third kappa shape index (κ3) is 56.6. The number of allylic oxidation sites excluding steroid dienone is 20. The molecular weight excluding hydrogens is 1000 g/mol. The summed E-state index contributed by atoms with van der Waals surface area (Å²) in [6.07, 6.45) is 72.9. The fourth-order valence-electron chi connectivity index (χ4n) is 7.78. The number of aliphatic hydroxyl groups is 1. The van der Waals surface area contributed by atoms with Gasteiger partial charge in [-0.05, 0) is 128 Å². The normalized spacial score (nSPS) is 14.2. The summed E-state index contributed by atoms with van der Waals surface area (Å²) >= 11 is 0. The maximum absolute atomic E-state index is 12.9. The molecule has 0 aromatic rings. The van der Waals surface area contributed by atoms with E-state index in [9.17, 15) is 28.9 Å². The zero-order chi connectivity index (χ0) is 56.9. The molecule has 12 heteroatoms. The number of carbonyl (C=O) groups is 3. The lowest BCUT2D eigenvalue weighted by Gasteiger charge is -2.21. The molecule has 0 aliphatic carbocycles. The quantitative estimate of drug-likeness (QED) is 0.0197. The summed E-state index contributed by atoms with van der Waals surface area (Å²) in [6.45, 7) is 4.32. The largest absolute Gasteiger partial charge is 0.472 e. The molecule has 3 unspecified atom stereocenters. The van der Waals surface area contributed by atoms with Gasteiger partial charge in [-0.25, -0.2) is 4.57 Å². The number of phosphoric ester groups is 1. The van der Waals surface area contributed by atoms with Crippen LogP contribution in [0.4, 0.5) is 0 Å². The average Bonchev–Trinajstić information content (AvgIpc) is 3.43. The van der Waals surface area contributed by atoms with E-state index in [4.69, 9.17) is 23.3 Å². The summed E-state index contributed by atoms with van der Waals surface area (Å²) in [5.74, 6) is -1.54. The van der Waals surface area contributed by atoms with Crippen LogP contribution in [0.25, 0.3) is 0 Å². The molecule has 0 aromatic heterocycles. The van der Waals surface area contributed by atoms with E-state index in [-0.39, 0.29) is 25.9 Å². The summed E-state index contributed by atoms with van der Waals surface area (Å²) in [6, 6.07) is 0. The van der Waals surface area contributed by atoms with Crippen molar-refractivity contribution < 1.29 is 52.2 Å². The summed E-state index contributed by atoms with van der Waals surface area (Å²) in [5, 5.41) is 9.83. The molecular formula is C66H109O11P. The number of hydrogen-bond acceptors (Lipinski definition) is 10. The van der Waals surface area contributed by atoms with Gasteiger partial charge in [0.1, 0.15) is 12.7 Å². The van der Waals surface area contributed by atoms with Crippen LogP contribution in [0.15, 0.2) is 122 Å². The minimum atomic E-state index is -4.78. The molecule has 0 rings (SSSR count). The van der Waals surface area contributed by atoms with Crippen LogP contribution in [0.3, 0.4) is 0 Å². The second-order valence-electron chi connectivity index (χ2n) is 19.7. The highest BCUT2D eigenvalue weighted by Gasteiger charge is 2.28. The molecule has 3 atom stereocenters. The van der Waals surface area contributed by atoms with Gasteiger partial charge in [-0.3, -0.25) is 23.4 Å². The van der Waals surface area contributed by atoms with Gasteiger partial charge in [0, 0.05) is 19.3 Å². The van der Waals surface area contributed by atoms with Crippen molar-refractivity contribution in [1.29, 1.82) is 0 Å². The van der Waals surface area contributed by atoms with Crippen molar-refractivity contribution in [3.63, 3.8) is 0 Å². The number of esters is 3. The Labute approximate surface area is 475 Å². The topological polar surface area (TPSA) is 155 Å². The van der Waals surface area contributed by atoms with Gasteiger partial charge in [0.2, 0.25) is 0 Å². The van der Waals surface area contributed by atoms with E-state index in [1.54, 1.807) is 0 Å².